The van der Waals surface area contributed by atoms with Crippen LogP contribution in [0.25, 0.3) is 0 Å². The van der Waals surface area contributed by atoms with E-state index < -0.39 is 4.92 Å². The third kappa shape index (κ3) is 2.82. The van der Waals surface area contributed by atoms with Crippen LogP contribution in [0.15, 0.2) is 24.3 Å². The number of nitro groups is 1. The summed E-state index contributed by atoms with van der Waals surface area (Å²) in [5.41, 5.74) is 6.44. The Labute approximate surface area is 115 Å². The summed E-state index contributed by atoms with van der Waals surface area (Å²) in [6.45, 7) is 3.68. The van der Waals surface area contributed by atoms with Gasteiger partial charge in [0.05, 0.1) is 10.5 Å². The second kappa shape index (κ2) is 5.52. The van der Waals surface area contributed by atoms with Crippen LogP contribution in [0.4, 0.5) is 11.5 Å². The predicted molar refractivity (Wildman–Crippen MR) is 73.7 cm³/mol. The van der Waals surface area contributed by atoms with Gasteiger partial charge in [0.25, 0.3) is 5.69 Å². The maximum atomic E-state index is 10.6. The first-order valence-electron chi connectivity index (χ1n) is 6.06. The summed E-state index contributed by atoms with van der Waals surface area (Å²) in [7, 11) is 0. The Kier molecular flexibility index (Phi) is 3.79. The van der Waals surface area contributed by atoms with Crippen molar-refractivity contribution in [1.82, 2.24) is 9.97 Å². The number of nitrogen functional groups attached to an aromatic ring is 1. The average molecular weight is 274 g/mol. The maximum absolute atomic E-state index is 10.6. The Bertz CT molecular complexity index is 641. The van der Waals surface area contributed by atoms with Crippen LogP contribution < -0.4 is 10.5 Å². The van der Waals surface area contributed by atoms with Crippen LogP contribution >= 0.6 is 0 Å². The molecule has 1 aromatic heterocycles. The van der Waals surface area contributed by atoms with E-state index in [0.29, 0.717) is 35.3 Å². The van der Waals surface area contributed by atoms with Gasteiger partial charge >= 0.3 is 0 Å². The highest BCUT2D eigenvalue weighted by Gasteiger charge is 2.11. The molecule has 0 radical (unpaired) electrons. The largest absolute Gasteiger partial charge is 0.439 e. The van der Waals surface area contributed by atoms with E-state index in [4.69, 9.17) is 10.5 Å². The highest BCUT2D eigenvalue weighted by molar-refractivity contribution is 5.46. The second-order valence-corrected chi connectivity index (χ2v) is 4.16. The first kappa shape index (κ1) is 13.7. The molecule has 0 aliphatic heterocycles. The molecule has 0 saturated heterocycles. The lowest BCUT2D eigenvalue weighted by molar-refractivity contribution is -0.384. The molecule has 20 heavy (non-hydrogen) atoms. The summed E-state index contributed by atoms with van der Waals surface area (Å²) >= 11 is 0. The van der Waals surface area contributed by atoms with Crippen LogP contribution in [-0.4, -0.2) is 14.9 Å². The standard InChI is InChI=1S/C13H14N4O3/c1-3-11-15-12(14)8(2)13(16-11)20-10-6-4-9(5-7-10)17(18)19/h4-7H,3H2,1-2H3,(H2,14,15,16). The molecule has 7 heteroatoms. The van der Waals surface area contributed by atoms with Crippen LogP contribution in [0.5, 0.6) is 11.6 Å². The lowest BCUT2D eigenvalue weighted by Crippen LogP contribution is -2.04. The number of hydrogen-bond donors (Lipinski definition) is 1. The Balaban J connectivity index is 2.29. The summed E-state index contributed by atoms with van der Waals surface area (Å²) in [6, 6.07) is 5.77. The first-order chi connectivity index (χ1) is 9.51. The third-order valence-electron chi connectivity index (χ3n) is 2.76. The number of anilines is 1. The van der Waals surface area contributed by atoms with Crippen molar-refractivity contribution < 1.29 is 9.66 Å². The van der Waals surface area contributed by atoms with Gasteiger partial charge in [0, 0.05) is 18.6 Å². The smallest absolute Gasteiger partial charge is 0.269 e. The number of ether oxygens (including phenoxy) is 1. The molecule has 104 valence electrons. The summed E-state index contributed by atoms with van der Waals surface area (Å²) in [6.07, 6.45) is 0.640. The minimum Gasteiger partial charge on any atom is -0.439 e. The van der Waals surface area contributed by atoms with Gasteiger partial charge < -0.3 is 10.5 Å². The van der Waals surface area contributed by atoms with Crippen molar-refractivity contribution >= 4 is 11.5 Å². The number of non-ortho nitro benzene ring substituents is 1. The molecule has 7 nitrogen and oxygen atoms in total. The summed E-state index contributed by atoms with van der Waals surface area (Å²) in [5.74, 6) is 1.78. The molecule has 0 aliphatic carbocycles. The van der Waals surface area contributed by atoms with E-state index in [2.05, 4.69) is 9.97 Å². The quantitative estimate of drug-likeness (QED) is 0.678. The van der Waals surface area contributed by atoms with Crippen molar-refractivity contribution in [2.45, 2.75) is 20.3 Å². The lowest BCUT2D eigenvalue weighted by Gasteiger charge is -2.10. The Morgan fingerprint density at radius 3 is 2.50 bits per heavy atom. The van der Waals surface area contributed by atoms with Gasteiger partial charge in [-0.15, -0.1) is 0 Å². The van der Waals surface area contributed by atoms with Crippen LogP contribution in [-0.2, 0) is 6.42 Å². The number of aromatic nitrogens is 2. The zero-order valence-electron chi connectivity index (χ0n) is 11.2. The Morgan fingerprint density at radius 1 is 1.30 bits per heavy atom. The zero-order valence-corrected chi connectivity index (χ0v) is 11.2. The van der Waals surface area contributed by atoms with Crippen molar-refractivity contribution in [1.29, 1.82) is 0 Å². The van der Waals surface area contributed by atoms with Crippen LogP contribution in [0.1, 0.15) is 18.3 Å². The highest BCUT2D eigenvalue weighted by Crippen LogP contribution is 2.27. The van der Waals surface area contributed by atoms with Crippen molar-refractivity contribution in [2.24, 2.45) is 0 Å². The van der Waals surface area contributed by atoms with Crippen molar-refractivity contribution in [2.75, 3.05) is 5.73 Å². The van der Waals surface area contributed by atoms with E-state index >= 15 is 0 Å². The van der Waals surface area contributed by atoms with Crippen molar-refractivity contribution in [3.8, 4) is 11.6 Å². The van der Waals surface area contributed by atoms with Gasteiger partial charge in [-0.2, -0.15) is 4.98 Å². The van der Waals surface area contributed by atoms with E-state index in [1.54, 1.807) is 6.92 Å². The fourth-order valence-electron chi connectivity index (χ4n) is 1.56. The molecule has 2 N–H and O–H groups in total. The predicted octanol–water partition coefficient (Wildman–Crippen LogP) is 2.63. The number of aryl methyl sites for hydroxylation is 1. The number of nitrogens with zero attached hydrogens (tertiary/aromatic N) is 3. The van der Waals surface area contributed by atoms with Gasteiger partial charge in [-0.25, -0.2) is 4.98 Å². The summed E-state index contributed by atoms with van der Waals surface area (Å²) < 4.78 is 5.61. The van der Waals surface area contributed by atoms with Crippen molar-refractivity contribution in [3.05, 3.63) is 45.8 Å². The molecule has 0 aliphatic rings. The first-order valence-corrected chi connectivity index (χ1v) is 6.06. The fourth-order valence-corrected chi connectivity index (χ4v) is 1.56. The minimum absolute atomic E-state index is 0.00511. The molecule has 0 fully saturated rings. The molecule has 0 spiro atoms. The monoisotopic (exact) mass is 274 g/mol. The number of rotatable bonds is 4. The molecule has 2 aromatic rings. The molecule has 0 amide bonds. The molecule has 0 atom stereocenters. The van der Waals surface area contributed by atoms with E-state index in [9.17, 15) is 10.1 Å². The van der Waals surface area contributed by atoms with E-state index in [-0.39, 0.29) is 5.69 Å². The van der Waals surface area contributed by atoms with Gasteiger partial charge in [-0.1, -0.05) is 6.92 Å². The maximum Gasteiger partial charge on any atom is 0.269 e. The molecule has 1 aromatic carbocycles. The summed E-state index contributed by atoms with van der Waals surface area (Å²) in [5, 5.41) is 10.6. The lowest BCUT2D eigenvalue weighted by atomic mass is 10.3. The van der Waals surface area contributed by atoms with Crippen molar-refractivity contribution in [3.63, 3.8) is 0 Å². The fraction of sp³-hybridized carbons (Fsp3) is 0.231. The molecule has 1 heterocycles. The Morgan fingerprint density at radius 2 is 1.95 bits per heavy atom. The molecule has 2 rings (SSSR count). The number of nitrogens with two attached hydrogens (primary N) is 1. The van der Waals surface area contributed by atoms with Gasteiger partial charge in [0.15, 0.2) is 0 Å². The topological polar surface area (TPSA) is 104 Å². The molecular weight excluding hydrogens is 260 g/mol. The van der Waals surface area contributed by atoms with E-state index in [0.717, 1.165) is 0 Å². The van der Waals surface area contributed by atoms with Gasteiger partial charge in [0.2, 0.25) is 5.88 Å². The van der Waals surface area contributed by atoms with E-state index in [1.807, 2.05) is 6.92 Å². The Hall–Kier alpha value is -2.70. The molecular formula is C13H14N4O3. The third-order valence-corrected chi connectivity index (χ3v) is 2.76. The van der Waals surface area contributed by atoms with Crippen LogP contribution in [0.2, 0.25) is 0 Å². The molecule has 0 unspecified atom stereocenters. The number of nitro benzene ring substituents is 1. The van der Waals surface area contributed by atoms with Gasteiger partial charge in [-0.05, 0) is 19.1 Å². The molecule has 0 bridgehead atoms. The van der Waals surface area contributed by atoms with Gasteiger partial charge in [-0.3, -0.25) is 10.1 Å². The average Bonchev–Trinajstić information content (AvgIpc) is 2.44. The SMILES string of the molecule is CCc1nc(N)c(C)c(Oc2ccc([N+](=O)[O-])cc2)n1. The zero-order chi connectivity index (χ0) is 14.7. The highest BCUT2D eigenvalue weighted by atomic mass is 16.6. The minimum atomic E-state index is -0.465. The second-order valence-electron chi connectivity index (χ2n) is 4.16. The number of benzene rings is 1. The normalized spacial score (nSPS) is 10.3. The van der Waals surface area contributed by atoms with E-state index in [1.165, 1.54) is 24.3 Å². The summed E-state index contributed by atoms with van der Waals surface area (Å²) in [4.78, 5) is 18.5. The molecule has 0 saturated carbocycles. The van der Waals surface area contributed by atoms with Gasteiger partial charge in [0.1, 0.15) is 17.4 Å². The van der Waals surface area contributed by atoms with Crippen LogP contribution in [0, 0.1) is 17.0 Å². The number of hydrogen-bond acceptors (Lipinski definition) is 6. The van der Waals surface area contributed by atoms with Crippen LogP contribution in [0.3, 0.4) is 0 Å².